The Morgan fingerprint density at radius 1 is 0.918 bits per heavy atom. The van der Waals surface area contributed by atoms with Gasteiger partial charge in [-0.2, -0.15) is 5.10 Å². The number of piperidine rings is 1. The van der Waals surface area contributed by atoms with Gasteiger partial charge in [0.15, 0.2) is 11.4 Å². The van der Waals surface area contributed by atoms with E-state index in [0.717, 1.165) is 84.9 Å². The number of hydrogen-bond donors (Lipinski definition) is 0. The summed E-state index contributed by atoms with van der Waals surface area (Å²) in [5.41, 5.74) is 7.12. The van der Waals surface area contributed by atoms with Gasteiger partial charge in [-0.1, -0.05) is 24.3 Å². The first-order valence-corrected chi connectivity index (χ1v) is 16.9. The van der Waals surface area contributed by atoms with Crippen LogP contribution in [0.5, 0.6) is 0 Å². The van der Waals surface area contributed by atoms with E-state index in [1.807, 2.05) is 54.7 Å². The average molecular weight is 651 g/mol. The number of likely N-dealkylation sites (tertiary alicyclic amines) is 1. The molecule has 49 heavy (non-hydrogen) atoms. The van der Waals surface area contributed by atoms with Crippen LogP contribution >= 0.6 is 0 Å². The van der Waals surface area contributed by atoms with Crippen molar-refractivity contribution in [3.8, 4) is 33.8 Å². The predicted octanol–water partition coefficient (Wildman–Crippen LogP) is 7.32. The number of hydrogen-bond acceptors (Lipinski definition) is 6. The number of carbonyl (C=O) groups excluding carboxylic acids is 1. The zero-order valence-electron chi connectivity index (χ0n) is 27.0. The standard InChI is InChI=1S/C39H35FN8O/c1-41-18-21-46-19-15-33(16-20-46)48-38(37(44-39(48)27-7-8-27)26-9-11-31(40)12-10-26)34-13-14-36-43-32(25-47(36)45-34)23-35(49)29-5-2-4-28(22-29)30-6-3-17-42-24-30/h2-6,9-14,17,22,24-25,27,33H,7-8,15-16,18-21,23H2. The number of rotatable bonds is 10. The number of imidazole rings is 2. The molecule has 2 aromatic carbocycles. The summed E-state index contributed by atoms with van der Waals surface area (Å²) in [6.07, 6.45) is 9.59. The number of halogens is 1. The fourth-order valence-corrected chi connectivity index (χ4v) is 6.91. The molecule has 5 heterocycles. The zero-order chi connectivity index (χ0) is 33.3. The Kier molecular flexibility index (Phi) is 8.27. The lowest BCUT2D eigenvalue weighted by atomic mass is 10.0. The van der Waals surface area contributed by atoms with Gasteiger partial charge in [0.2, 0.25) is 6.54 Å². The van der Waals surface area contributed by atoms with Crippen LogP contribution in [0.3, 0.4) is 0 Å². The second-order valence-electron chi connectivity index (χ2n) is 12.9. The summed E-state index contributed by atoms with van der Waals surface area (Å²) in [7, 11) is 0. The van der Waals surface area contributed by atoms with Crippen LogP contribution in [0.25, 0.3) is 44.3 Å². The molecule has 9 nitrogen and oxygen atoms in total. The summed E-state index contributed by atoms with van der Waals surface area (Å²) >= 11 is 0. The van der Waals surface area contributed by atoms with Crippen molar-refractivity contribution >= 4 is 11.4 Å². The molecule has 0 bridgehead atoms. The number of ketones is 1. The molecular formula is C39H35FN8O. The van der Waals surface area contributed by atoms with Gasteiger partial charge in [0.1, 0.15) is 17.3 Å². The fourth-order valence-electron chi connectivity index (χ4n) is 6.91. The third-order valence-corrected chi connectivity index (χ3v) is 9.58. The van der Waals surface area contributed by atoms with Crippen LogP contribution < -0.4 is 0 Å². The number of nitrogens with zero attached hydrogens (tertiary/aromatic N) is 8. The smallest absolute Gasteiger partial charge is 0.227 e. The Bertz CT molecular complexity index is 2170. The summed E-state index contributed by atoms with van der Waals surface area (Å²) in [4.78, 5) is 33.6. The van der Waals surface area contributed by atoms with E-state index in [-0.39, 0.29) is 24.1 Å². The molecule has 1 saturated carbocycles. The molecule has 0 spiro atoms. The Morgan fingerprint density at radius 3 is 2.49 bits per heavy atom. The Morgan fingerprint density at radius 2 is 1.73 bits per heavy atom. The van der Waals surface area contributed by atoms with Gasteiger partial charge >= 0.3 is 0 Å². The number of pyridine rings is 1. The van der Waals surface area contributed by atoms with Gasteiger partial charge in [0, 0.05) is 54.1 Å². The van der Waals surface area contributed by atoms with Gasteiger partial charge < -0.3 is 9.41 Å². The van der Waals surface area contributed by atoms with E-state index in [2.05, 4.69) is 19.3 Å². The van der Waals surface area contributed by atoms with Crippen LogP contribution in [-0.2, 0) is 6.42 Å². The van der Waals surface area contributed by atoms with Crippen LogP contribution in [0.2, 0.25) is 0 Å². The fraction of sp³-hybridized carbons (Fsp3) is 0.282. The van der Waals surface area contributed by atoms with Crippen molar-refractivity contribution in [2.45, 2.75) is 44.1 Å². The molecular weight excluding hydrogens is 615 g/mol. The number of aromatic nitrogens is 6. The number of fused-ring (bicyclic) bond motifs is 1. The normalized spacial score (nSPS) is 15.4. The van der Waals surface area contributed by atoms with Crippen molar-refractivity contribution in [1.29, 1.82) is 0 Å². The maximum atomic E-state index is 14.0. The Hall–Kier alpha value is -5.53. The summed E-state index contributed by atoms with van der Waals surface area (Å²) in [6.45, 7) is 10.4. The van der Waals surface area contributed by atoms with Crippen LogP contribution in [0.4, 0.5) is 4.39 Å². The maximum absolute atomic E-state index is 14.0. The molecule has 2 aliphatic rings. The molecule has 0 atom stereocenters. The molecule has 0 radical (unpaired) electrons. The van der Waals surface area contributed by atoms with Crippen molar-refractivity contribution in [1.82, 2.24) is 34.0 Å². The second kappa shape index (κ2) is 13.2. The number of Topliss-reactive ketones (excluding diaryl/α,β-unsaturated/α-hetero) is 1. The van der Waals surface area contributed by atoms with Crippen molar-refractivity contribution in [3.05, 3.63) is 126 Å². The summed E-state index contributed by atoms with van der Waals surface area (Å²) in [6, 6.07) is 22.1. The molecule has 4 aromatic heterocycles. The molecule has 10 heteroatoms. The van der Waals surface area contributed by atoms with Gasteiger partial charge in [-0.05, 0) is 79.8 Å². The first kappa shape index (κ1) is 30.8. The molecule has 1 saturated heterocycles. The van der Waals surface area contributed by atoms with Gasteiger partial charge in [-0.3, -0.25) is 14.7 Å². The summed E-state index contributed by atoms with van der Waals surface area (Å²) < 4.78 is 18.2. The van der Waals surface area contributed by atoms with E-state index in [0.29, 0.717) is 29.4 Å². The lowest BCUT2D eigenvalue weighted by molar-refractivity contribution is 0.0992. The third-order valence-electron chi connectivity index (χ3n) is 9.58. The van der Waals surface area contributed by atoms with Gasteiger partial charge in [0.05, 0.1) is 36.2 Å². The van der Waals surface area contributed by atoms with E-state index in [4.69, 9.17) is 21.6 Å². The maximum Gasteiger partial charge on any atom is 0.227 e. The molecule has 8 rings (SSSR count). The minimum atomic E-state index is -0.289. The minimum absolute atomic E-state index is 0.0251. The van der Waals surface area contributed by atoms with Gasteiger partial charge in [-0.25, -0.2) is 25.4 Å². The molecule has 2 fully saturated rings. The highest BCUT2D eigenvalue weighted by Crippen LogP contribution is 2.46. The molecule has 0 amide bonds. The minimum Gasteiger partial charge on any atom is -0.323 e. The van der Waals surface area contributed by atoms with E-state index < -0.39 is 0 Å². The van der Waals surface area contributed by atoms with Crippen molar-refractivity contribution < 1.29 is 9.18 Å². The molecule has 0 unspecified atom stereocenters. The number of benzene rings is 2. The quantitative estimate of drug-likeness (QED) is 0.114. The molecule has 1 aliphatic carbocycles. The summed E-state index contributed by atoms with van der Waals surface area (Å²) in [5.74, 6) is 1.14. The van der Waals surface area contributed by atoms with Crippen LogP contribution in [0, 0.1) is 12.4 Å². The van der Waals surface area contributed by atoms with E-state index in [1.165, 1.54) is 12.1 Å². The van der Waals surface area contributed by atoms with Gasteiger partial charge in [-0.15, -0.1) is 0 Å². The zero-order valence-corrected chi connectivity index (χ0v) is 27.0. The largest absolute Gasteiger partial charge is 0.323 e. The number of carbonyl (C=O) groups is 1. The average Bonchev–Trinajstić information content (AvgIpc) is 3.79. The molecule has 244 valence electrons. The van der Waals surface area contributed by atoms with Crippen LogP contribution in [-0.4, -0.2) is 66.0 Å². The third kappa shape index (κ3) is 6.37. The highest BCUT2D eigenvalue weighted by atomic mass is 19.1. The van der Waals surface area contributed by atoms with Crippen molar-refractivity contribution in [2.75, 3.05) is 26.2 Å². The first-order valence-electron chi connectivity index (χ1n) is 16.9. The lowest BCUT2D eigenvalue weighted by Gasteiger charge is -2.33. The SMILES string of the molecule is [C-]#[N+]CCN1CCC(n2c(C3CC3)nc(-c3ccc(F)cc3)c2-c2ccc3nc(CC(=O)c4cccc(-c5cccnc5)c4)cn3n2)CC1. The second-order valence-corrected chi connectivity index (χ2v) is 12.9. The highest BCUT2D eigenvalue weighted by molar-refractivity contribution is 5.98. The summed E-state index contributed by atoms with van der Waals surface area (Å²) in [5, 5.41) is 5.07. The predicted molar refractivity (Wildman–Crippen MR) is 185 cm³/mol. The molecule has 1 aliphatic heterocycles. The first-order chi connectivity index (χ1) is 24.0. The van der Waals surface area contributed by atoms with Crippen molar-refractivity contribution in [3.63, 3.8) is 0 Å². The van der Waals surface area contributed by atoms with Crippen molar-refractivity contribution in [2.24, 2.45) is 0 Å². The molecule has 0 N–H and O–H groups in total. The van der Waals surface area contributed by atoms with E-state index in [9.17, 15) is 9.18 Å². The monoisotopic (exact) mass is 650 g/mol. The topological polar surface area (TPSA) is 85.6 Å². The molecule has 6 aromatic rings. The Labute approximate surface area is 283 Å². The Balaban J connectivity index is 1.14. The van der Waals surface area contributed by atoms with E-state index >= 15 is 0 Å². The van der Waals surface area contributed by atoms with Gasteiger partial charge in [0.25, 0.3) is 0 Å². The van der Waals surface area contributed by atoms with E-state index in [1.54, 1.807) is 29.0 Å². The van der Waals surface area contributed by atoms with Crippen LogP contribution in [0.1, 0.15) is 59.5 Å². The van der Waals surface area contributed by atoms with Crippen LogP contribution in [0.15, 0.2) is 91.4 Å². The lowest BCUT2D eigenvalue weighted by Crippen LogP contribution is -2.36. The highest BCUT2D eigenvalue weighted by Gasteiger charge is 2.36.